The molecular weight excluding hydrogens is 224 g/mol. The molecule has 1 atom stereocenters. The molecule has 0 bridgehead atoms. The van der Waals surface area contributed by atoms with Crippen LogP contribution >= 0.6 is 0 Å². The van der Waals surface area contributed by atoms with Crippen LogP contribution < -0.4 is 5.32 Å². The zero-order valence-electron chi connectivity index (χ0n) is 11.1. The minimum Gasteiger partial charge on any atom is -0.353 e. The van der Waals surface area contributed by atoms with Gasteiger partial charge < -0.3 is 5.32 Å². The molecule has 1 heterocycles. The van der Waals surface area contributed by atoms with E-state index in [9.17, 15) is 4.79 Å². The van der Waals surface area contributed by atoms with Crippen LogP contribution in [0.25, 0.3) is 0 Å². The zero-order chi connectivity index (χ0) is 12.8. The third kappa shape index (κ3) is 3.31. The molecule has 3 nitrogen and oxygen atoms in total. The van der Waals surface area contributed by atoms with Gasteiger partial charge in [0.15, 0.2) is 0 Å². The van der Waals surface area contributed by atoms with E-state index in [0.717, 1.165) is 24.8 Å². The highest BCUT2D eigenvalue weighted by Gasteiger charge is 2.22. The average Bonchev–Trinajstić information content (AvgIpc) is 2.42. The first-order chi connectivity index (χ1) is 8.81. The Bertz CT molecular complexity index is 371. The highest BCUT2D eigenvalue weighted by atomic mass is 16.1. The normalized spacial score (nSPS) is 18.3. The van der Waals surface area contributed by atoms with Crippen LogP contribution in [-0.2, 0) is 4.79 Å². The third-order valence-corrected chi connectivity index (χ3v) is 3.76. The lowest BCUT2D eigenvalue weighted by Gasteiger charge is -2.25. The predicted molar refractivity (Wildman–Crippen MR) is 72.3 cm³/mol. The van der Waals surface area contributed by atoms with Gasteiger partial charge in [0.2, 0.25) is 5.91 Å². The lowest BCUT2D eigenvalue weighted by molar-refractivity contribution is -0.123. The van der Waals surface area contributed by atoms with Gasteiger partial charge in [0, 0.05) is 18.4 Å². The number of nitrogens with zero attached hydrogens (tertiary/aromatic N) is 1. The third-order valence-electron chi connectivity index (χ3n) is 3.76. The summed E-state index contributed by atoms with van der Waals surface area (Å²) in [6.45, 7) is 2.05. The maximum atomic E-state index is 12.3. The smallest absolute Gasteiger partial charge is 0.227 e. The second-order valence-electron chi connectivity index (χ2n) is 5.09. The minimum absolute atomic E-state index is 0.0550. The van der Waals surface area contributed by atoms with Crippen LogP contribution in [0.2, 0.25) is 0 Å². The first-order valence-electron chi connectivity index (χ1n) is 7.01. The highest BCUT2D eigenvalue weighted by Crippen LogP contribution is 2.21. The SMILES string of the molecule is CCC(C(=O)NC1CCCCC1)c1cccnc1. The Labute approximate surface area is 109 Å². The van der Waals surface area contributed by atoms with Gasteiger partial charge in [-0.15, -0.1) is 0 Å². The summed E-state index contributed by atoms with van der Waals surface area (Å²) in [6, 6.07) is 4.27. The Morgan fingerprint density at radius 2 is 2.22 bits per heavy atom. The number of amides is 1. The van der Waals surface area contributed by atoms with Gasteiger partial charge in [-0.2, -0.15) is 0 Å². The van der Waals surface area contributed by atoms with Crippen LogP contribution in [0.4, 0.5) is 0 Å². The summed E-state index contributed by atoms with van der Waals surface area (Å²) in [5, 5.41) is 3.20. The van der Waals surface area contributed by atoms with E-state index in [0.29, 0.717) is 6.04 Å². The summed E-state index contributed by atoms with van der Waals surface area (Å²) in [5.74, 6) is 0.109. The molecule has 0 radical (unpaired) electrons. The number of hydrogen-bond acceptors (Lipinski definition) is 2. The molecule has 0 saturated heterocycles. The van der Waals surface area contributed by atoms with Crippen LogP contribution in [0.1, 0.15) is 56.9 Å². The van der Waals surface area contributed by atoms with Crippen molar-refractivity contribution in [3.8, 4) is 0 Å². The zero-order valence-corrected chi connectivity index (χ0v) is 11.1. The molecule has 3 heteroatoms. The molecule has 0 aliphatic heterocycles. The van der Waals surface area contributed by atoms with Gasteiger partial charge in [-0.05, 0) is 30.9 Å². The van der Waals surface area contributed by atoms with E-state index < -0.39 is 0 Å². The number of pyridine rings is 1. The minimum atomic E-state index is -0.0550. The molecule has 98 valence electrons. The van der Waals surface area contributed by atoms with Gasteiger partial charge in [0.05, 0.1) is 5.92 Å². The fraction of sp³-hybridized carbons (Fsp3) is 0.600. The predicted octanol–water partition coefficient (Wildman–Crippen LogP) is 3.02. The fourth-order valence-electron chi connectivity index (χ4n) is 2.70. The van der Waals surface area contributed by atoms with Crippen molar-refractivity contribution in [2.45, 2.75) is 57.4 Å². The van der Waals surface area contributed by atoms with Crippen molar-refractivity contribution in [1.29, 1.82) is 0 Å². The summed E-state index contributed by atoms with van der Waals surface area (Å²) >= 11 is 0. The molecule has 1 aliphatic carbocycles. The summed E-state index contributed by atoms with van der Waals surface area (Å²) in [6.07, 6.45) is 10.4. The van der Waals surface area contributed by atoms with Crippen molar-refractivity contribution in [2.24, 2.45) is 0 Å². The highest BCUT2D eigenvalue weighted by molar-refractivity contribution is 5.83. The fourth-order valence-corrected chi connectivity index (χ4v) is 2.70. The number of carbonyl (C=O) groups excluding carboxylic acids is 1. The molecule has 0 spiro atoms. The number of rotatable bonds is 4. The molecule has 1 amide bonds. The largest absolute Gasteiger partial charge is 0.353 e. The van der Waals surface area contributed by atoms with Crippen molar-refractivity contribution < 1.29 is 4.79 Å². The maximum absolute atomic E-state index is 12.3. The molecule has 0 aromatic carbocycles. The van der Waals surface area contributed by atoms with Gasteiger partial charge >= 0.3 is 0 Å². The van der Waals surface area contributed by atoms with Crippen LogP contribution in [-0.4, -0.2) is 16.9 Å². The lowest BCUT2D eigenvalue weighted by Crippen LogP contribution is -2.39. The number of nitrogens with one attached hydrogen (secondary N) is 1. The van der Waals surface area contributed by atoms with Crippen molar-refractivity contribution >= 4 is 5.91 Å². The average molecular weight is 246 g/mol. The van der Waals surface area contributed by atoms with Crippen LogP contribution in [0, 0.1) is 0 Å². The van der Waals surface area contributed by atoms with Crippen LogP contribution in [0.3, 0.4) is 0 Å². The molecule has 1 aromatic rings. The van der Waals surface area contributed by atoms with Crippen molar-refractivity contribution in [3.05, 3.63) is 30.1 Å². The Kier molecular flexibility index (Phi) is 4.73. The first-order valence-corrected chi connectivity index (χ1v) is 7.01. The van der Waals surface area contributed by atoms with Gasteiger partial charge in [-0.1, -0.05) is 32.3 Å². The molecule has 1 N–H and O–H groups in total. The van der Waals surface area contributed by atoms with Gasteiger partial charge in [0.25, 0.3) is 0 Å². The first kappa shape index (κ1) is 13.1. The number of aromatic nitrogens is 1. The topological polar surface area (TPSA) is 42.0 Å². The summed E-state index contributed by atoms with van der Waals surface area (Å²) in [5.41, 5.74) is 1.02. The monoisotopic (exact) mass is 246 g/mol. The van der Waals surface area contributed by atoms with Crippen molar-refractivity contribution in [3.63, 3.8) is 0 Å². The Morgan fingerprint density at radius 1 is 1.44 bits per heavy atom. The molecule has 1 unspecified atom stereocenters. The summed E-state index contributed by atoms with van der Waals surface area (Å²) in [4.78, 5) is 16.4. The molecule has 18 heavy (non-hydrogen) atoms. The summed E-state index contributed by atoms with van der Waals surface area (Å²) < 4.78 is 0. The van der Waals surface area contributed by atoms with E-state index in [2.05, 4.69) is 17.2 Å². The van der Waals surface area contributed by atoms with Crippen LogP contribution in [0.5, 0.6) is 0 Å². The van der Waals surface area contributed by atoms with Gasteiger partial charge in [0.1, 0.15) is 0 Å². The van der Waals surface area contributed by atoms with Crippen molar-refractivity contribution in [2.75, 3.05) is 0 Å². The maximum Gasteiger partial charge on any atom is 0.227 e. The van der Waals surface area contributed by atoms with Gasteiger partial charge in [-0.25, -0.2) is 0 Å². The Balaban J connectivity index is 1.97. The van der Waals surface area contributed by atoms with E-state index in [1.54, 1.807) is 12.4 Å². The van der Waals surface area contributed by atoms with Crippen LogP contribution in [0.15, 0.2) is 24.5 Å². The van der Waals surface area contributed by atoms with E-state index in [1.165, 1.54) is 19.3 Å². The molecule has 1 aliphatic rings. The second-order valence-corrected chi connectivity index (χ2v) is 5.09. The van der Waals surface area contributed by atoms with E-state index in [1.807, 2.05) is 12.1 Å². The molecule has 1 saturated carbocycles. The van der Waals surface area contributed by atoms with Crippen molar-refractivity contribution in [1.82, 2.24) is 10.3 Å². The number of carbonyl (C=O) groups is 1. The summed E-state index contributed by atoms with van der Waals surface area (Å²) in [7, 11) is 0. The lowest BCUT2D eigenvalue weighted by atomic mass is 9.93. The van der Waals surface area contributed by atoms with E-state index in [4.69, 9.17) is 0 Å². The quantitative estimate of drug-likeness (QED) is 0.887. The standard InChI is InChI=1S/C15H22N2O/c1-2-14(12-7-6-10-16-11-12)15(18)17-13-8-4-3-5-9-13/h6-7,10-11,13-14H,2-5,8-9H2,1H3,(H,17,18). The molecular formula is C15H22N2O. The Morgan fingerprint density at radius 3 is 2.83 bits per heavy atom. The number of hydrogen-bond donors (Lipinski definition) is 1. The Hall–Kier alpha value is -1.38. The second kappa shape index (κ2) is 6.53. The molecule has 1 fully saturated rings. The van der Waals surface area contributed by atoms with E-state index >= 15 is 0 Å². The van der Waals surface area contributed by atoms with E-state index in [-0.39, 0.29) is 11.8 Å². The molecule has 2 rings (SSSR count). The molecule has 1 aromatic heterocycles. The van der Waals surface area contributed by atoms with Gasteiger partial charge in [-0.3, -0.25) is 9.78 Å².